The Labute approximate surface area is 208 Å². The highest BCUT2D eigenvalue weighted by atomic mass is 35.5. The van der Waals surface area contributed by atoms with Gasteiger partial charge in [0.1, 0.15) is 17.6 Å². The van der Waals surface area contributed by atoms with Gasteiger partial charge in [0.05, 0.1) is 5.60 Å². The van der Waals surface area contributed by atoms with Crippen LogP contribution in [0.3, 0.4) is 0 Å². The van der Waals surface area contributed by atoms with Gasteiger partial charge in [-0.2, -0.15) is 15.0 Å². The summed E-state index contributed by atoms with van der Waals surface area (Å²) in [4.78, 5) is 15.2. The van der Waals surface area contributed by atoms with Gasteiger partial charge in [-0.3, -0.25) is 4.79 Å². The lowest BCUT2D eigenvalue weighted by atomic mass is 9.53. The second kappa shape index (κ2) is 9.20. The zero-order valence-electron chi connectivity index (χ0n) is 21.0. The minimum absolute atomic E-state index is 0.0868. The number of carbonyl (C=O) groups excluding carboxylic acids is 1. The number of halogens is 1. The Balaban J connectivity index is 1.31. The van der Waals surface area contributed by atoms with Gasteiger partial charge in [-0.05, 0) is 106 Å². The molecule has 1 heterocycles. The molecule has 3 aliphatic carbocycles. The molecule has 5 rings (SSSR count). The van der Waals surface area contributed by atoms with Crippen LogP contribution in [0.1, 0.15) is 85.0 Å². The molecule has 6 heteroatoms. The van der Waals surface area contributed by atoms with Crippen LogP contribution in [0.4, 0.5) is 0 Å². The van der Waals surface area contributed by atoms with E-state index in [1.807, 2.05) is 19.1 Å². The van der Waals surface area contributed by atoms with Crippen LogP contribution in [0.15, 0.2) is 18.2 Å². The van der Waals surface area contributed by atoms with E-state index in [9.17, 15) is 9.90 Å². The Kier molecular flexibility index (Phi) is 6.56. The Morgan fingerprint density at radius 3 is 2.56 bits per heavy atom. The molecule has 5 nitrogen and oxygen atoms in total. The molecule has 34 heavy (non-hydrogen) atoms. The molecule has 3 fully saturated rings. The number of nitrogens with zero attached hydrogens (tertiary/aromatic N) is 3. The third-order valence-electron chi connectivity index (χ3n) is 9.90. The van der Waals surface area contributed by atoms with E-state index in [1.165, 1.54) is 25.7 Å². The summed E-state index contributed by atoms with van der Waals surface area (Å²) in [6, 6.07) is 5.48. The van der Waals surface area contributed by atoms with Crippen molar-refractivity contribution in [3.8, 4) is 0 Å². The van der Waals surface area contributed by atoms with Gasteiger partial charge in [0, 0.05) is 10.9 Å². The number of hydrogen-bond acceptors (Lipinski definition) is 4. The zero-order valence-corrected chi connectivity index (χ0v) is 21.7. The molecule has 0 saturated heterocycles. The van der Waals surface area contributed by atoms with Crippen molar-refractivity contribution in [1.29, 1.82) is 0 Å². The Morgan fingerprint density at radius 1 is 1.09 bits per heavy atom. The fourth-order valence-corrected chi connectivity index (χ4v) is 8.29. The van der Waals surface area contributed by atoms with Crippen LogP contribution < -0.4 is 0 Å². The predicted molar refractivity (Wildman–Crippen MR) is 136 cm³/mol. The molecule has 1 aromatic carbocycles. The van der Waals surface area contributed by atoms with Crippen LogP contribution in [0.2, 0.25) is 5.02 Å². The molecule has 0 bridgehead atoms. The summed E-state index contributed by atoms with van der Waals surface area (Å²) in [5, 5.41) is 20.2. The molecular formula is C28H40ClN3O2. The second-order valence-corrected chi connectivity index (χ2v) is 12.5. The summed E-state index contributed by atoms with van der Waals surface area (Å²) in [7, 11) is 0. The van der Waals surface area contributed by atoms with Crippen molar-refractivity contribution < 1.29 is 9.90 Å². The van der Waals surface area contributed by atoms with Crippen LogP contribution in [-0.2, 0) is 11.3 Å². The van der Waals surface area contributed by atoms with Gasteiger partial charge in [-0.15, -0.1) is 0 Å². The van der Waals surface area contributed by atoms with Crippen molar-refractivity contribution in [2.75, 3.05) is 0 Å². The third-order valence-corrected chi connectivity index (χ3v) is 10.1. The van der Waals surface area contributed by atoms with Gasteiger partial charge in [0.15, 0.2) is 5.78 Å². The average molecular weight is 486 g/mol. The fraction of sp³-hybridized carbons (Fsp3) is 0.750. The minimum Gasteiger partial charge on any atom is -0.390 e. The topological polar surface area (TPSA) is 68.0 Å². The van der Waals surface area contributed by atoms with E-state index in [-0.39, 0.29) is 17.9 Å². The third kappa shape index (κ3) is 4.43. The Bertz CT molecular complexity index is 1040. The lowest BCUT2D eigenvalue weighted by molar-refractivity contribution is -0.130. The molecular weight excluding hydrogens is 446 g/mol. The number of rotatable bonds is 6. The first kappa shape index (κ1) is 24.2. The summed E-state index contributed by atoms with van der Waals surface area (Å²) in [6.45, 7) is 6.97. The summed E-state index contributed by atoms with van der Waals surface area (Å²) < 4.78 is 0. The molecule has 0 radical (unpaired) electrons. The van der Waals surface area contributed by atoms with Gasteiger partial charge in [0.2, 0.25) is 0 Å². The number of aromatic nitrogens is 3. The monoisotopic (exact) mass is 485 g/mol. The molecule has 0 aliphatic heterocycles. The number of Topliss-reactive ketones (excluding diaryl/α,β-unsaturated/α-hetero) is 1. The summed E-state index contributed by atoms with van der Waals surface area (Å²) in [5.41, 5.74) is 1.14. The SMILES string of the molecule is CCC[C@@H]1[C@@H](C2CCC(C)(O)CC2)CC[C@]2(C)[C@@H](C(=O)Cn3nc4ccc(Cl)cc4n3)CC[C@@H]12. The van der Waals surface area contributed by atoms with Crippen LogP contribution in [0.5, 0.6) is 0 Å². The Hall–Kier alpha value is -1.46. The molecule has 3 saturated carbocycles. The molecule has 5 atom stereocenters. The van der Waals surface area contributed by atoms with Gasteiger partial charge in [-0.25, -0.2) is 0 Å². The van der Waals surface area contributed by atoms with Gasteiger partial charge in [-0.1, -0.05) is 38.3 Å². The predicted octanol–water partition coefficient (Wildman–Crippen LogP) is 6.45. The summed E-state index contributed by atoms with van der Waals surface area (Å²) in [5.74, 6) is 3.23. The Morgan fingerprint density at radius 2 is 1.82 bits per heavy atom. The van der Waals surface area contributed by atoms with E-state index in [0.717, 1.165) is 61.4 Å². The second-order valence-electron chi connectivity index (χ2n) is 12.1. The van der Waals surface area contributed by atoms with Gasteiger partial charge < -0.3 is 5.11 Å². The van der Waals surface area contributed by atoms with E-state index in [2.05, 4.69) is 24.0 Å². The van der Waals surface area contributed by atoms with Gasteiger partial charge >= 0.3 is 0 Å². The van der Waals surface area contributed by atoms with Crippen molar-refractivity contribution in [1.82, 2.24) is 15.0 Å². The highest BCUT2D eigenvalue weighted by Gasteiger charge is 2.56. The summed E-state index contributed by atoms with van der Waals surface area (Å²) in [6.07, 6.45) is 11.2. The standard InChI is InChI=1S/C28H40ClN3O2/c1-4-5-21-20(18-10-13-27(2,34)14-11-18)12-15-28(3)22(21)7-8-23(28)26(33)17-32-30-24-9-6-19(29)16-25(24)31-32/h6,9,16,18,20-23,34H,4-5,7-8,10-15,17H2,1-3H3/t18?,20-,21-,22+,23-,27?,28+/m1/s1. The average Bonchev–Trinajstić information content (AvgIpc) is 3.34. The van der Waals surface area contributed by atoms with Crippen molar-refractivity contribution >= 4 is 28.4 Å². The van der Waals surface area contributed by atoms with Crippen LogP contribution >= 0.6 is 11.6 Å². The zero-order chi connectivity index (χ0) is 24.1. The maximum atomic E-state index is 13.6. The highest BCUT2D eigenvalue weighted by Crippen LogP contribution is 2.62. The van der Waals surface area contributed by atoms with Crippen molar-refractivity contribution in [2.45, 2.75) is 97.1 Å². The molecule has 3 aliphatic rings. The number of fused-ring (bicyclic) bond motifs is 2. The number of carbonyl (C=O) groups is 1. The molecule has 0 unspecified atom stereocenters. The molecule has 0 spiro atoms. The quantitative estimate of drug-likeness (QED) is 0.510. The van der Waals surface area contributed by atoms with E-state index in [1.54, 1.807) is 10.9 Å². The van der Waals surface area contributed by atoms with E-state index >= 15 is 0 Å². The first-order chi connectivity index (χ1) is 16.2. The first-order valence-corrected chi connectivity index (χ1v) is 13.8. The maximum absolute atomic E-state index is 13.6. The fourth-order valence-electron chi connectivity index (χ4n) is 8.12. The smallest absolute Gasteiger partial charge is 0.159 e. The number of aliphatic hydroxyl groups is 1. The number of ketones is 1. The van der Waals surface area contributed by atoms with Crippen molar-refractivity contribution in [2.24, 2.45) is 35.0 Å². The lowest BCUT2D eigenvalue weighted by Crippen LogP contribution is -2.46. The van der Waals surface area contributed by atoms with Crippen LogP contribution in [-0.4, -0.2) is 31.5 Å². The molecule has 186 valence electrons. The maximum Gasteiger partial charge on any atom is 0.159 e. The number of hydrogen-bond donors (Lipinski definition) is 1. The van der Waals surface area contributed by atoms with Gasteiger partial charge in [0.25, 0.3) is 0 Å². The van der Waals surface area contributed by atoms with Crippen LogP contribution in [0.25, 0.3) is 11.0 Å². The van der Waals surface area contributed by atoms with Crippen LogP contribution in [0, 0.1) is 35.0 Å². The van der Waals surface area contributed by atoms with E-state index in [4.69, 9.17) is 11.6 Å². The first-order valence-electron chi connectivity index (χ1n) is 13.5. The lowest BCUT2D eigenvalue weighted by Gasteiger charge is -2.52. The van der Waals surface area contributed by atoms with E-state index in [0.29, 0.717) is 22.6 Å². The highest BCUT2D eigenvalue weighted by molar-refractivity contribution is 6.31. The minimum atomic E-state index is -0.471. The van der Waals surface area contributed by atoms with Crippen molar-refractivity contribution in [3.05, 3.63) is 23.2 Å². The molecule has 1 N–H and O–H groups in total. The normalized spacial score (nSPS) is 38.2. The number of benzene rings is 1. The van der Waals surface area contributed by atoms with Crippen molar-refractivity contribution in [3.63, 3.8) is 0 Å². The van der Waals surface area contributed by atoms with E-state index < -0.39 is 5.60 Å². The largest absolute Gasteiger partial charge is 0.390 e. The summed E-state index contributed by atoms with van der Waals surface area (Å²) >= 11 is 6.10. The molecule has 0 amide bonds. The molecule has 1 aromatic heterocycles. The molecule has 2 aromatic rings.